The predicted molar refractivity (Wildman–Crippen MR) is 81.2 cm³/mol. The molecular weight excluding hydrogens is 291 g/mol. The van der Waals surface area contributed by atoms with E-state index in [1.807, 2.05) is 0 Å². The number of nitrogens with one attached hydrogen (secondary N) is 1. The fraction of sp³-hybridized carbons (Fsp3) is 0.600. The van der Waals surface area contributed by atoms with Crippen LogP contribution in [-0.2, 0) is 10.0 Å². The lowest BCUT2D eigenvalue weighted by Crippen LogP contribution is -2.39. The normalized spacial score (nSPS) is 18.0. The van der Waals surface area contributed by atoms with E-state index >= 15 is 0 Å². The van der Waals surface area contributed by atoms with Crippen molar-refractivity contribution in [1.82, 2.24) is 9.62 Å². The molecule has 1 aromatic carbocycles. The molecule has 1 aliphatic rings. The molecule has 1 aromatic rings. The minimum absolute atomic E-state index is 0.0159. The van der Waals surface area contributed by atoms with Gasteiger partial charge in [0.05, 0.1) is 4.90 Å². The van der Waals surface area contributed by atoms with Crippen LogP contribution >= 0.6 is 0 Å². The molecule has 0 aliphatic carbocycles. The first-order valence-corrected chi connectivity index (χ1v) is 8.85. The lowest BCUT2D eigenvalue weighted by atomic mass is 9.99. The Labute approximate surface area is 126 Å². The molecule has 0 radical (unpaired) electrons. The first-order chi connectivity index (χ1) is 9.88. The highest BCUT2D eigenvalue weighted by Gasteiger charge is 2.18. The summed E-state index contributed by atoms with van der Waals surface area (Å²) in [5.41, 5.74) is 0.441. The van der Waals surface area contributed by atoms with Gasteiger partial charge in [0.15, 0.2) is 0 Å². The molecule has 0 bridgehead atoms. The van der Waals surface area contributed by atoms with Gasteiger partial charge in [0.1, 0.15) is 5.82 Å². The summed E-state index contributed by atoms with van der Waals surface area (Å²) in [4.78, 5) is 2.25. The van der Waals surface area contributed by atoms with Crippen LogP contribution in [-0.4, -0.2) is 39.5 Å². The number of sulfonamides is 1. The summed E-state index contributed by atoms with van der Waals surface area (Å²) in [7, 11) is -3.63. The number of aryl methyl sites for hydroxylation is 1. The summed E-state index contributed by atoms with van der Waals surface area (Å²) in [6.07, 6.45) is 2.33. The summed E-state index contributed by atoms with van der Waals surface area (Å²) < 4.78 is 40.2. The van der Waals surface area contributed by atoms with Crippen LogP contribution in [0.25, 0.3) is 0 Å². The van der Waals surface area contributed by atoms with Crippen molar-refractivity contribution in [3.8, 4) is 0 Å². The van der Waals surface area contributed by atoms with Gasteiger partial charge >= 0.3 is 0 Å². The number of benzene rings is 1. The highest BCUT2D eigenvalue weighted by Crippen LogP contribution is 2.16. The summed E-state index contributed by atoms with van der Waals surface area (Å²) in [5.74, 6) is 0.261. The molecule has 1 N–H and O–H groups in total. The monoisotopic (exact) mass is 314 g/mol. The number of hydrogen-bond acceptors (Lipinski definition) is 3. The van der Waals surface area contributed by atoms with Gasteiger partial charge < -0.3 is 4.90 Å². The van der Waals surface area contributed by atoms with E-state index in [2.05, 4.69) is 16.5 Å². The number of halogens is 1. The minimum atomic E-state index is -3.63. The lowest BCUT2D eigenvalue weighted by Gasteiger charge is -2.30. The van der Waals surface area contributed by atoms with E-state index in [0.29, 0.717) is 18.7 Å². The summed E-state index contributed by atoms with van der Waals surface area (Å²) >= 11 is 0. The molecule has 0 amide bonds. The largest absolute Gasteiger partial charge is 0.302 e. The van der Waals surface area contributed by atoms with E-state index in [1.165, 1.54) is 12.1 Å². The van der Waals surface area contributed by atoms with Crippen molar-refractivity contribution in [1.29, 1.82) is 0 Å². The zero-order valence-corrected chi connectivity index (χ0v) is 13.4. The van der Waals surface area contributed by atoms with Crippen molar-refractivity contribution in [2.75, 3.05) is 26.2 Å². The van der Waals surface area contributed by atoms with Crippen LogP contribution in [0, 0.1) is 18.7 Å². The third-order valence-electron chi connectivity index (χ3n) is 4.05. The molecule has 0 spiro atoms. The van der Waals surface area contributed by atoms with Crippen molar-refractivity contribution >= 4 is 10.0 Å². The van der Waals surface area contributed by atoms with Crippen LogP contribution in [0.4, 0.5) is 4.39 Å². The first-order valence-electron chi connectivity index (χ1n) is 7.36. The molecule has 0 atom stereocenters. The van der Waals surface area contributed by atoms with Gasteiger partial charge in [0.25, 0.3) is 0 Å². The molecular formula is C15H23FN2O2S. The predicted octanol–water partition coefficient (Wildman–Crippen LogP) is 2.14. The quantitative estimate of drug-likeness (QED) is 0.906. The Morgan fingerprint density at radius 3 is 2.62 bits per heavy atom. The van der Waals surface area contributed by atoms with E-state index < -0.39 is 15.8 Å². The maximum Gasteiger partial charge on any atom is 0.240 e. The molecule has 1 fully saturated rings. The first kappa shape index (κ1) is 16.4. The Hall–Kier alpha value is -0.980. The maximum absolute atomic E-state index is 13.5. The van der Waals surface area contributed by atoms with Gasteiger partial charge in [-0.2, -0.15) is 0 Å². The second-order valence-corrected chi connectivity index (χ2v) is 7.60. The molecule has 6 heteroatoms. The Balaban J connectivity index is 1.88. The zero-order chi connectivity index (χ0) is 15.5. The van der Waals surface area contributed by atoms with Crippen LogP contribution in [0.1, 0.15) is 25.3 Å². The molecule has 0 unspecified atom stereocenters. The van der Waals surface area contributed by atoms with Gasteiger partial charge in [-0.15, -0.1) is 0 Å². The molecule has 118 valence electrons. The highest BCUT2D eigenvalue weighted by molar-refractivity contribution is 7.89. The van der Waals surface area contributed by atoms with Crippen molar-refractivity contribution in [3.05, 3.63) is 29.6 Å². The van der Waals surface area contributed by atoms with E-state index in [4.69, 9.17) is 0 Å². The average Bonchev–Trinajstić information content (AvgIpc) is 2.44. The minimum Gasteiger partial charge on any atom is -0.302 e. The van der Waals surface area contributed by atoms with E-state index in [-0.39, 0.29) is 4.90 Å². The van der Waals surface area contributed by atoms with E-state index in [9.17, 15) is 12.8 Å². The number of piperidine rings is 1. The Morgan fingerprint density at radius 2 is 2.00 bits per heavy atom. The Bertz CT molecular complexity index is 581. The lowest BCUT2D eigenvalue weighted by molar-refractivity contribution is 0.195. The second kappa shape index (κ2) is 6.85. The van der Waals surface area contributed by atoms with Crippen LogP contribution in [0.5, 0.6) is 0 Å². The molecule has 1 aliphatic heterocycles. The van der Waals surface area contributed by atoms with Gasteiger partial charge in [-0.1, -0.05) is 13.0 Å². The summed E-state index contributed by atoms with van der Waals surface area (Å²) in [6.45, 7) is 6.93. The van der Waals surface area contributed by atoms with Crippen molar-refractivity contribution in [3.63, 3.8) is 0 Å². The molecule has 2 rings (SSSR count). The third-order valence-corrected chi connectivity index (χ3v) is 5.51. The maximum atomic E-state index is 13.5. The molecule has 0 saturated carbocycles. The van der Waals surface area contributed by atoms with Crippen LogP contribution in [0.3, 0.4) is 0 Å². The van der Waals surface area contributed by atoms with Gasteiger partial charge in [0, 0.05) is 13.1 Å². The summed E-state index contributed by atoms with van der Waals surface area (Å²) in [5, 5.41) is 0. The van der Waals surface area contributed by atoms with Crippen molar-refractivity contribution in [2.24, 2.45) is 5.92 Å². The van der Waals surface area contributed by atoms with Gasteiger partial charge in [-0.3, -0.25) is 0 Å². The molecule has 1 saturated heterocycles. The fourth-order valence-electron chi connectivity index (χ4n) is 2.45. The third kappa shape index (κ3) is 4.49. The van der Waals surface area contributed by atoms with E-state index in [1.54, 1.807) is 6.92 Å². The van der Waals surface area contributed by atoms with Crippen molar-refractivity contribution < 1.29 is 12.8 Å². The van der Waals surface area contributed by atoms with Crippen molar-refractivity contribution in [2.45, 2.75) is 31.6 Å². The number of rotatable bonds is 5. The summed E-state index contributed by atoms with van der Waals surface area (Å²) in [6, 6.07) is 3.99. The molecule has 21 heavy (non-hydrogen) atoms. The topological polar surface area (TPSA) is 49.4 Å². The second-order valence-electron chi connectivity index (χ2n) is 5.83. The smallest absolute Gasteiger partial charge is 0.240 e. The number of nitrogens with zero attached hydrogens (tertiary/aromatic N) is 1. The standard InChI is InChI=1S/C15H23FN2O2S/c1-12-5-8-18(9-6-12)10-7-17-21(19,20)14-4-3-13(2)15(16)11-14/h3-4,11-12,17H,5-10H2,1-2H3. The fourth-order valence-corrected chi connectivity index (χ4v) is 3.48. The van der Waals surface area contributed by atoms with Crippen LogP contribution in [0.2, 0.25) is 0 Å². The average molecular weight is 314 g/mol. The highest BCUT2D eigenvalue weighted by atomic mass is 32.2. The van der Waals surface area contributed by atoms with Gasteiger partial charge in [-0.05, 0) is 56.5 Å². The number of likely N-dealkylation sites (tertiary alicyclic amines) is 1. The zero-order valence-electron chi connectivity index (χ0n) is 12.6. The Kier molecular flexibility index (Phi) is 5.35. The molecule has 0 aromatic heterocycles. The van der Waals surface area contributed by atoms with E-state index in [0.717, 1.165) is 37.9 Å². The molecule has 1 heterocycles. The molecule has 4 nitrogen and oxygen atoms in total. The SMILES string of the molecule is Cc1ccc(S(=O)(=O)NCCN2CCC(C)CC2)cc1F. The Morgan fingerprint density at radius 1 is 1.33 bits per heavy atom. The number of hydrogen-bond donors (Lipinski definition) is 1. The van der Waals surface area contributed by atoms with Crippen LogP contribution in [0.15, 0.2) is 23.1 Å². The van der Waals surface area contributed by atoms with Crippen LogP contribution < -0.4 is 4.72 Å². The van der Waals surface area contributed by atoms with Gasteiger partial charge in [0.2, 0.25) is 10.0 Å². The van der Waals surface area contributed by atoms with Gasteiger partial charge in [-0.25, -0.2) is 17.5 Å².